The Morgan fingerprint density at radius 1 is 1.08 bits per heavy atom. The van der Waals surface area contributed by atoms with Gasteiger partial charge in [-0.1, -0.05) is 6.07 Å². The number of amides is 1. The number of carbonyl (C=O) groups excluding carboxylic acids is 1. The molecule has 3 heterocycles. The molecule has 1 amide bonds. The van der Waals surface area contributed by atoms with Crippen molar-refractivity contribution in [1.82, 2.24) is 14.9 Å². The fourth-order valence-corrected chi connectivity index (χ4v) is 3.83. The number of nitrogens with zero attached hydrogens (tertiary/aromatic N) is 4. The van der Waals surface area contributed by atoms with Gasteiger partial charge in [0.05, 0.1) is 10.9 Å². The highest BCUT2D eigenvalue weighted by molar-refractivity contribution is 5.90. The van der Waals surface area contributed by atoms with Crippen LogP contribution >= 0.6 is 0 Å². The molecule has 2 aromatic rings. The standard InChI is InChI=1S/C18H21FN4O/c19-14-4-3-5-15-16(14)17(21-12-20-15)22-10-6-13(7-11-22)18(24)23-8-1-2-9-23/h3-5,12-13H,1-2,6-11H2. The molecule has 2 aliphatic rings. The molecule has 1 aromatic heterocycles. The Kier molecular flexibility index (Phi) is 4.04. The molecule has 2 saturated heterocycles. The molecule has 0 N–H and O–H groups in total. The molecule has 1 aromatic carbocycles. The molecular formula is C18H21FN4O. The molecule has 0 saturated carbocycles. The number of fused-ring (bicyclic) bond motifs is 1. The van der Waals surface area contributed by atoms with Crippen molar-refractivity contribution in [2.45, 2.75) is 25.7 Å². The van der Waals surface area contributed by atoms with Gasteiger partial charge >= 0.3 is 0 Å². The Labute approximate surface area is 140 Å². The minimum atomic E-state index is -0.293. The van der Waals surface area contributed by atoms with E-state index in [0.717, 1.165) is 51.9 Å². The zero-order valence-electron chi connectivity index (χ0n) is 13.6. The monoisotopic (exact) mass is 328 g/mol. The van der Waals surface area contributed by atoms with Gasteiger partial charge in [-0.25, -0.2) is 14.4 Å². The third kappa shape index (κ3) is 2.70. The third-order valence-corrected chi connectivity index (χ3v) is 5.15. The van der Waals surface area contributed by atoms with Crippen molar-refractivity contribution in [1.29, 1.82) is 0 Å². The first-order valence-electron chi connectivity index (χ1n) is 8.67. The van der Waals surface area contributed by atoms with E-state index in [9.17, 15) is 9.18 Å². The number of carbonyl (C=O) groups is 1. The number of piperidine rings is 1. The number of aromatic nitrogens is 2. The molecule has 0 spiro atoms. The lowest BCUT2D eigenvalue weighted by molar-refractivity contribution is -0.135. The lowest BCUT2D eigenvalue weighted by atomic mass is 9.95. The van der Waals surface area contributed by atoms with Crippen molar-refractivity contribution in [2.75, 3.05) is 31.1 Å². The van der Waals surface area contributed by atoms with Crippen molar-refractivity contribution < 1.29 is 9.18 Å². The van der Waals surface area contributed by atoms with E-state index in [1.165, 1.54) is 12.4 Å². The van der Waals surface area contributed by atoms with Gasteiger partial charge in [0, 0.05) is 32.1 Å². The number of benzene rings is 1. The average molecular weight is 328 g/mol. The van der Waals surface area contributed by atoms with Crippen LogP contribution in [0.15, 0.2) is 24.5 Å². The van der Waals surface area contributed by atoms with Gasteiger partial charge in [-0.05, 0) is 37.8 Å². The molecule has 2 aliphatic heterocycles. The van der Waals surface area contributed by atoms with Gasteiger partial charge in [-0.2, -0.15) is 0 Å². The summed E-state index contributed by atoms with van der Waals surface area (Å²) in [6.07, 6.45) is 5.33. The first kappa shape index (κ1) is 15.3. The number of rotatable bonds is 2. The van der Waals surface area contributed by atoms with E-state index in [4.69, 9.17) is 0 Å². The molecule has 4 rings (SSSR count). The van der Waals surface area contributed by atoms with E-state index >= 15 is 0 Å². The number of hydrogen-bond acceptors (Lipinski definition) is 4. The Morgan fingerprint density at radius 3 is 2.58 bits per heavy atom. The van der Waals surface area contributed by atoms with Crippen LogP contribution < -0.4 is 4.90 Å². The highest BCUT2D eigenvalue weighted by Crippen LogP contribution is 2.30. The Morgan fingerprint density at radius 2 is 1.83 bits per heavy atom. The second kappa shape index (κ2) is 6.34. The summed E-state index contributed by atoms with van der Waals surface area (Å²) in [5.41, 5.74) is 0.621. The van der Waals surface area contributed by atoms with E-state index < -0.39 is 0 Å². The summed E-state index contributed by atoms with van der Waals surface area (Å²) >= 11 is 0. The quantitative estimate of drug-likeness (QED) is 0.850. The molecule has 5 nitrogen and oxygen atoms in total. The Bertz CT molecular complexity index is 747. The predicted molar refractivity (Wildman–Crippen MR) is 90.2 cm³/mol. The zero-order chi connectivity index (χ0) is 16.5. The molecule has 126 valence electrons. The van der Waals surface area contributed by atoms with Crippen LogP contribution in [-0.4, -0.2) is 47.0 Å². The molecule has 0 radical (unpaired) electrons. The maximum atomic E-state index is 14.2. The van der Waals surface area contributed by atoms with E-state index in [1.54, 1.807) is 12.1 Å². The van der Waals surface area contributed by atoms with E-state index in [-0.39, 0.29) is 11.7 Å². The van der Waals surface area contributed by atoms with E-state index in [2.05, 4.69) is 14.9 Å². The van der Waals surface area contributed by atoms with Gasteiger partial charge in [0.2, 0.25) is 5.91 Å². The topological polar surface area (TPSA) is 49.3 Å². The molecule has 0 atom stereocenters. The van der Waals surface area contributed by atoms with Gasteiger partial charge in [0.15, 0.2) is 0 Å². The molecular weight excluding hydrogens is 307 g/mol. The van der Waals surface area contributed by atoms with E-state index in [0.29, 0.717) is 22.6 Å². The van der Waals surface area contributed by atoms with Crippen LogP contribution in [0.5, 0.6) is 0 Å². The fourth-order valence-electron chi connectivity index (χ4n) is 3.83. The van der Waals surface area contributed by atoms with Gasteiger partial charge in [0.1, 0.15) is 18.0 Å². The summed E-state index contributed by atoms with van der Waals surface area (Å²) < 4.78 is 14.2. The Balaban J connectivity index is 1.51. The summed E-state index contributed by atoms with van der Waals surface area (Å²) in [5, 5.41) is 0.476. The van der Waals surface area contributed by atoms with Crippen molar-refractivity contribution >= 4 is 22.6 Å². The average Bonchev–Trinajstić information content (AvgIpc) is 3.16. The summed E-state index contributed by atoms with van der Waals surface area (Å²) in [5.74, 6) is 0.742. The maximum absolute atomic E-state index is 14.2. The first-order valence-corrected chi connectivity index (χ1v) is 8.67. The van der Waals surface area contributed by atoms with Crippen LogP contribution in [0.25, 0.3) is 10.9 Å². The number of likely N-dealkylation sites (tertiary alicyclic amines) is 1. The molecule has 0 unspecified atom stereocenters. The number of anilines is 1. The molecule has 0 aliphatic carbocycles. The van der Waals surface area contributed by atoms with Crippen molar-refractivity contribution in [3.05, 3.63) is 30.3 Å². The van der Waals surface area contributed by atoms with Crippen LogP contribution in [-0.2, 0) is 4.79 Å². The molecule has 24 heavy (non-hydrogen) atoms. The second-order valence-corrected chi connectivity index (χ2v) is 6.62. The van der Waals surface area contributed by atoms with Gasteiger partial charge in [0.25, 0.3) is 0 Å². The minimum Gasteiger partial charge on any atom is -0.356 e. The number of hydrogen-bond donors (Lipinski definition) is 0. The SMILES string of the molecule is O=C(C1CCN(c2ncnc3cccc(F)c23)CC1)N1CCCC1. The lowest BCUT2D eigenvalue weighted by Crippen LogP contribution is -2.42. The zero-order valence-corrected chi connectivity index (χ0v) is 13.6. The predicted octanol–water partition coefficient (Wildman–Crippen LogP) is 2.61. The van der Waals surface area contributed by atoms with Crippen molar-refractivity contribution in [3.8, 4) is 0 Å². The van der Waals surface area contributed by atoms with Crippen molar-refractivity contribution in [3.63, 3.8) is 0 Å². The van der Waals surface area contributed by atoms with Crippen LogP contribution in [0.3, 0.4) is 0 Å². The van der Waals surface area contributed by atoms with Gasteiger partial charge < -0.3 is 9.80 Å². The lowest BCUT2D eigenvalue weighted by Gasteiger charge is -2.34. The van der Waals surface area contributed by atoms with E-state index in [1.807, 2.05) is 4.90 Å². The second-order valence-electron chi connectivity index (χ2n) is 6.62. The molecule has 0 bridgehead atoms. The van der Waals surface area contributed by atoms with Crippen LogP contribution in [0, 0.1) is 11.7 Å². The molecule has 6 heteroatoms. The largest absolute Gasteiger partial charge is 0.356 e. The third-order valence-electron chi connectivity index (χ3n) is 5.15. The summed E-state index contributed by atoms with van der Waals surface area (Å²) in [7, 11) is 0. The highest BCUT2D eigenvalue weighted by atomic mass is 19.1. The summed E-state index contributed by atoms with van der Waals surface area (Å²) in [6.45, 7) is 3.26. The van der Waals surface area contributed by atoms with Crippen LogP contribution in [0.4, 0.5) is 10.2 Å². The normalized spacial score (nSPS) is 19.2. The fraction of sp³-hybridized carbons (Fsp3) is 0.500. The van der Waals surface area contributed by atoms with Crippen LogP contribution in [0.2, 0.25) is 0 Å². The van der Waals surface area contributed by atoms with Crippen LogP contribution in [0.1, 0.15) is 25.7 Å². The van der Waals surface area contributed by atoms with Crippen molar-refractivity contribution in [2.24, 2.45) is 5.92 Å². The Hall–Kier alpha value is -2.24. The number of halogens is 1. The smallest absolute Gasteiger partial charge is 0.225 e. The van der Waals surface area contributed by atoms with Gasteiger partial charge in [-0.15, -0.1) is 0 Å². The highest BCUT2D eigenvalue weighted by Gasteiger charge is 2.30. The minimum absolute atomic E-state index is 0.0947. The van der Waals surface area contributed by atoms with Gasteiger partial charge in [-0.3, -0.25) is 4.79 Å². The molecule has 2 fully saturated rings. The maximum Gasteiger partial charge on any atom is 0.225 e. The summed E-state index contributed by atoms with van der Waals surface area (Å²) in [4.78, 5) is 25.1. The first-order chi connectivity index (χ1) is 11.7. The summed E-state index contributed by atoms with van der Waals surface area (Å²) in [6, 6.07) is 4.90.